The van der Waals surface area contributed by atoms with Gasteiger partial charge < -0.3 is 10.1 Å². The van der Waals surface area contributed by atoms with Crippen molar-refractivity contribution < 1.29 is 9.53 Å². The molecule has 0 unspecified atom stereocenters. The number of aryl methyl sites for hydroxylation is 1. The summed E-state index contributed by atoms with van der Waals surface area (Å²) in [6, 6.07) is 9.76. The van der Waals surface area contributed by atoms with Crippen molar-refractivity contribution in [3.8, 4) is 5.75 Å². The molecule has 1 aromatic carbocycles. The van der Waals surface area contributed by atoms with E-state index in [-0.39, 0.29) is 12.5 Å². The lowest BCUT2D eigenvalue weighted by molar-refractivity contribution is -0.123. The summed E-state index contributed by atoms with van der Waals surface area (Å²) in [5.41, 5.74) is 1.06. The second-order valence-corrected chi connectivity index (χ2v) is 4.08. The number of hydrogen-bond donors (Lipinski definition) is 1. The SMILES string of the molecule is CCn1cc(OCC(=O)NCc2ccccc2)cn1. The van der Waals surface area contributed by atoms with Crippen LogP contribution in [0.4, 0.5) is 0 Å². The van der Waals surface area contributed by atoms with E-state index in [2.05, 4.69) is 10.4 Å². The Morgan fingerprint density at radius 3 is 2.84 bits per heavy atom. The monoisotopic (exact) mass is 259 g/mol. The number of carbonyl (C=O) groups is 1. The standard InChI is InChI=1S/C14H17N3O2/c1-2-17-10-13(9-16-17)19-11-14(18)15-8-12-6-4-3-5-7-12/h3-7,9-10H,2,8,11H2,1H3,(H,15,18). The molecule has 100 valence electrons. The zero-order chi connectivity index (χ0) is 13.5. The third kappa shape index (κ3) is 4.13. The first kappa shape index (κ1) is 13.1. The average molecular weight is 259 g/mol. The van der Waals surface area contributed by atoms with Crippen LogP contribution in [-0.4, -0.2) is 22.3 Å². The highest BCUT2D eigenvalue weighted by molar-refractivity contribution is 5.77. The summed E-state index contributed by atoms with van der Waals surface area (Å²) in [6.45, 7) is 3.28. The van der Waals surface area contributed by atoms with Gasteiger partial charge in [-0.25, -0.2) is 0 Å². The molecule has 0 saturated heterocycles. The Kier molecular flexibility index (Phi) is 4.55. The molecule has 1 heterocycles. The lowest BCUT2D eigenvalue weighted by Crippen LogP contribution is -2.28. The summed E-state index contributed by atoms with van der Waals surface area (Å²) in [5.74, 6) is 0.463. The molecule has 0 bridgehead atoms. The van der Waals surface area contributed by atoms with Gasteiger partial charge in [-0.2, -0.15) is 5.10 Å². The van der Waals surface area contributed by atoms with Crippen LogP contribution >= 0.6 is 0 Å². The van der Waals surface area contributed by atoms with Crippen molar-refractivity contribution in [2.24, 2.45) is 0 Å². The van der Waals surface area contributed by atoms with Crippen LogP contribution in [0.1, 0.15) is 12.5 Å². The number of amides is 1. The summed E-state index contributed by atoms with van der Waals surface area (Å²) in [6.07, 6.45) is 3.37. The Hall–Kier alpha value is -2.30. The van der Waals surface area contributed by atoms with Gasteiger partial charge in [0.15, 0.2) is 12.4 Å². The van der Waals surface area contributed by atoms with Crippen LogP contribution in [-0.2, 0) is 17.9 Å². The predicted octanol–water partition coefficient (Wildman–Crippen LogP) is 1.60. The smallest absolute Gasteiger partial charge is 0.258 e. The molecule has 1 N–H and O–H groups in total. The summed E-state index contributed by atoms with van der Waals surface area (Å²) < 4.78 is 7.09. The van der Waals surface area contributed by atoms with Crippen LogP contribution in [0, 0.1) is 0 Å². The number of nitrogens with one attached hydrogen (secondary N) is 1. The van der Waals surface area contributed by atoms with Crippen molar-refractivity contribution in [1.82, 2.24) is 15.1 Å². The van der Waals surface area contributed by atoms with E-state index >= 15 is 0 Å². The molecule has 0 aliphatic carbocycles. The second-order valence-electron chi connectivity index (χ2n) is 4.08. The Bertz CT molecular complexity index is 522. The van der Waals surface area contributed by atoms with Crippen LogP contribution in [0.3, 0.4) is 0 Å². The Balaban J connectivity index is 1.73. The van der Waals surface area contributed by atoms with Gasteiger partial charge in [-0.05, 0) is 12.5 Å². The van der Waals surface area contributed by atoms with E-state index in [1.807, 2.05) is 37.3 Å². The van der Waals surface area contributed by atoms with Crippen molar-refractivity contribution in [2.75, 3.05) is 6.61 Å². The first-order valence-electron chi connectivity index (χ1n) is 6.24. The van der Waals surface area contributed by atoms with E-state index < -0.39 is 0 Å². The Morgan fingerprint density at radius 2 is 2.16 bits per heavy atom. The highest BCUT2D eigenvalue weighted by Gasteiger charge is 2.04. The molecule has 19 heavy (non-hydrogen) atoms. The largest absolute Gasteiger partial charge is 0.480 e. The maximum Gasteiger partial charge on any atom is 0.258 e. The summed E-state index contributed by atoms with van der Waals surface area (Å²) in [4.78, 5) is 11.6. The van der Waals surface area contributed by atoms with E-state index in [1.165, 1.54) is 0 Å². The van der Waals surface area contributed by atoms with Crippen molar-refractivity contribution in [3.63, 3.8) is 0 Å². The molecule has 5 heteroatoms. The minimum atomic E-state index is -0.145. The zero-order valence-electron chi connectivity index (χ0n) is 10.9. The van der Waals surface area contributed by atoms with Crippen LogP contribution in [0.5, 0.6) is 5.75 Å². The summed E-state index contributed by atoms with van der Waals surface area (Å²) in [5, 5.41) is 6.86. The molecule has 1 amide bonds. The van der Waals surface area contributed by atoms with Gasteiger partial charge in [0.2, 0.25) is 0 Å². The number of benzene rings is 1. The maximum atomic E-state index is 11.6. The summed E-state index contributed by atoms with van der Waals surface area (Å²) in [7, 11) is 0. The Labute approximate surface area is 112 Å². The van der Waals surface area contributed by atoms with Crippen LogP contribution in [0.2, 0.25) is 0 Å². The number of carbonyl (C=O) groups excluding carboxylic acids is 1. The van der Waals surface area contributed by atoms with E-state index in [1.54, 1.807) is 17.1 Å². The van der Waals surface area contributed by atoms with E-state index in [4.69, 9.17) is 4.74 Å². The minimum Gasteiger partial charge on any atom is -0.480 e. The van der Waals surface area contributed by atoms with Gasteiger partial charge in [0.1, 0.15) is 0 Å². The average Bonchev–Trinajstić information content (AvgIpc) is 2.92. The van der Waals surface area contributed by atoms with Crippen molar-refractivity contribution in [3.05, 3.63) is 48.3 Å². The molecule has 5 nitrogen and oxygen atoms in total. The highest BCUT2D eigenvalue weighted by atomic mass is 16.5. The topological polar surface area (TPSA) is 56.1 Å². The third-order valence-electron chi connectivity index (χ3n) is 2.64. The third-order valence-corrected chi connectivity index (χ3v) is 2.64. The fraction of sp³-hybridized carbons (Fsp3) is 0.286. The molecular weight excluding hydrogens is 242 g/mol. The van der Waals surface area contributed by atoms with Gasteiger partial charge >= 0.3 is 0 Å². The number of nitrogens with zero attached hydrogens (tertiary/aromatic N) is 2. The number of hydrogen-bond acceptors (Lipinski definition) is 3. The molecule has 0 radical (unpaired) electrons. The first-order valence-corrected chi connectivity index (χ1v) is 6.24. The summed E-state index contributed by atoms with van der Waals surface area (Å²) >= 11 is 0. The molecule has 0 aliphatic heterocycles. The molecule has 1 aromatic heterocycles. The molecule has 0 aliphatic rings. The Morgan fingerprint density at radius 1 is 1.37 bits per heavy atom. The van der Waals surface area contributed by atoms with Crippen molar-refractivity contribution in [2.45, 2.75) is 20.0 Å². The van der Waals surface area contributed by atoms with Gasteiger partial charge in [-0.1, -0.05) is 30.3 Å². The molecular formula is C14H17N3O2. The molecule has 0 saturated carbocycles. The van der Waals surface area contributed by atoms with E-state index in [9.17, 15) is 4.79 Å². The van der Waals surface area contributed by atoms with Gasteiger partial charge in [-0.3, -0.25) is 9.48 Å². The minimum absolute atomic E-state index is 0.00222. The quantitative estimate of drug-likeness (QED) is 0.857. The number of aromatic nitrogens is 2. The maximum absolute atomic E-state index is 11.6. The van der Waals surface area contributed by atoms with Gasteiger partial charge in [0, 0.05) is 13.1 Å². The normalized spacial score (nSPS) is 10.2. The van der Waals surface area contributed by atoms with Crippen molar-refractivity contribution >= 4 is 5.91 Å². The number of rotatable bonds is 6. The number of ether oxygens (including phenoxy) is 1. The zero-order valence-corrected chi connectivity index (χ0v) is 10.9. The lowest BCUT2D eigenvalue weighted by Gasteiger charge is -2.05. The predicted molar refractivity (Wildman–Crippen MR) is 71.7 cm³/mol. The van der Waals surface area contributed by atoms with Gasteiger partial charge in [-0.15, -0.1) is 0 Å². The highest BCUT2D eigenvalue weighted by Crippen LogP contribution is 2.07. The fourth-order valence-electron chi connectivity index (χ4n) is 1.59. The molecule has 2 rings (SSSR count). The van der Waals surface area contributed by atoms with Crippen LogP contribution in [0.15, 0.2) is 42.7 Å². The van der Waals surface area contributed by atoms with E-state index in [0.717, 1.165) is 12.1 Å². The second kappa shape index (κ2) is 6.58. The van der Waals surface area contributed by atoms with Crippen LogP contribution in [0.25, 0.3) is 0 Å². The van der Waals surface area contributed by atoms with Gasteiger partial charge in [0.05, 0.1) is 12.4 Å². The van der Waals surface area contributed by atoms with Crippen molar-refractivity contribution in [1.29, 1.82) is 0 Å². The van der Waals surface area contributed by atoms with E-state index in [0.29, 0.717) is 12.3 Å². The molecule has 0 fully saturated rings. The van der Waals surface area contributed by atoms with Gasteiger partial charge in [0.25, 0.3) is 5.91 Å². The first-order chi connectivity index (χ1) is 9.28. The van der Waals surface area contributed by atoms with Crippen LogP contribution < -0.4 is 10.1 Å². The molecule has 2 aromatic rings. The molecule has 0 spiro atoms. The molecule has 0 atom stereocenters. The lowest BCUT2D eigenvalue weighted by atomic mass is 10.2. The fourth-order valence-corrected chi connectivity index (χ4v) is 1.59.